The molecule has 0 aromatic heterocycles. The van der Waals surface area contributed by atoms with Crippen LogP contribution in [0.3, 0.4) is 0 Å². The number of Topliss-reactive ketones (excluding diaryl/α,β-unsaturated/α-hetero) is 1. The van der Waals surface area contributed by atoms with Crippen LogP contribution in [0.1, 0.15) is 17.2 Å². The highest BCUT2D eigenvalue weighted by Crippen LogP contribution is 2.39. The molecule has 170 valence electrons. The van der Waals surface area contributed by atoms with Crippen LogP contribution in [0.25, 0.3) is 5.76 Å². The molecular formula is C22H23ClN2O6S. The van der Waals surface area contributed by atoms with Crippen molar-refractivity contribution in [2.75, 3.05) is 34.4 Å². The number of methoxy groups -OCH3 is 1. The smallest absolute Gasteiger partial charge is 0.295 e. The Morgan fingerprint density at radius 1 is 1.09 bits per heavy atom. The van der Waals surface area contributed by atoms with Gasteiger partial charge in [0.1, 0.15) is 5.76 Å². The summed E-state index contributed by atoms with van der Waals surface area (Å²) in [6.45, 7) is 0.347. The normalized spacial score (nSPS) is 18.5. The topological polar surface area (TPSA) is 104 Å². The van der Waals surface area contributed by atoms with Gasteiger partial charge in [0.2, 0.25) is 10.0 Å². The fourth-order valence-corrected chi connectivity index (χ4v) is 4.47. The summed E-state index contributed by atoms with van der Waals surface area (Å²) in [5.74, 6) is -1.98. The van der Waals surface area contributed by atoms with Crippen molar-refractivity contribution in [1.29, 1.82) is 0 Å². The Morgan fingerprint density at radius 3 is 2.22 bits per heavy atom. The van der Waals surface area contributed by atoms with Crippen LogP contribution in [0.2, 0.25) is 5.02 Å². The Kier molecular flexibility index (Phi) is 7.04. The summed E-state index contributed by atoms with van der Waals surface area (Å²) in [4.78, 5) is 27.0. The van der Waals surface area contributed by atoms with Gasteiger partial charge in [-0.1, -0.05) is 23.7 Å². The maximum Gasteiger partial charge on any atom is 0.295 e. The first-order valence-electron chi connectivity index (χ1n) is 9.65. The molecule has 0 aliphatic carbocycles. The van der Waals surface area contributed by atoms with Gasteiger partial charge in [-0.15, -0.1) is 0 Å². The van der Waals surface area contributed by atoms with Gasteiger partial charge in [0.15, 0.2) is 0 Å². The molecule has 0 spiro atoms. The monoisotopic (exact) mass is 478 g/mol. The van der Waals surface area contributed by atoms with E-state index in [2.05, 4.69) is 0 Å². The number of carbonyl (C=O) groups is 2. The lowest BCUT2D eigenvalue weighted by Gasteiger charge is -2.25. The van der Waals surface area contributed by atoms with E-state index in [9.17, 15) is 23.1 Å². The highest BCUT2D eigenvalue weighted by molar-refractivity contribution is 7.89. The molecule has 1 amide bonds. The average Bonchev–Trinajstić information content (AvgIpc) is 3.02. The minimum absolute atomic E-state index is 0.0360. The van der Waals surface area contributed by atoms with Crippen LogP contribution in [0.15, 0.2) is 59.0 Å². The predicted molar refractivity (Wildman–Crippen MR) is 120 cm³/mol. The van der Waals surface area contributed by atoms with Gasteiger partial charge in [0, 0.05) is 38.3 Å². The van der Waals surface area contributed by atoms with Crippen molar-refractivity contribution in [3.8, 4) is 0 Å². The molecular weight excluding hydrogens is 456 g/mol. The Labute approximate surface area is 191 Å². The number of ketones is 1. The molecule has 1 aliphatic rings. The van der Waals surface area contributed by atoms with E-state index in [1.807, 2.05) is 0 Å². The van der Waals surface area contributed by atoms with Crippen molar-refractivity contribution < 1.29 is 27.9 Å². The van der Waals surface area contributed by atoms with Crippen LogP contribution in [-0.2, 0) is 24.3 Å². The zero-order chi connectivity index (χ0) is 23.6. The summed E-state index contributed by atoms with van der Waals surface area (Å²) in [6.07, 6.45) is 0. The number of sulfonamides is 1. The van der Waals surface area contributed by atoms with E-state index >= 15 is 0 Å². The zero-order valence-corrected chi connectivity index (χ0v) is 19.4. The number of hydrogen-bond donors (Lipinski definition) is 1. The number of aliphatic hydroxyl groups is 1. The highest BCUT2D eigenvalue weighted by atomic mass is 35.5. The summed E-state index contributed by atoms with van der Waals surface area (Å²) in [6, 6.07) is 11.2. The van der Waals surface area contributed by atoms with Gasteiger partial charge in [-0.05, 0) is 42.0 Å². The first kappa shape index (κ1) is 23.9. The number of carbonyl (C=O) groups excluding carboxylic acids is 2. The predicted octanol–water partition coefficient (Wildman–Crippen LogP) is 2.66. The Bertz CT molecular complexity index is 1160. The number of hydrogen-bond acceptors (Lipinski definition) is 6. The fourth-order valence-electron chi connectivity index (χ4n) is 3.44. The molecule has 1 aliphatic heterocycles. The standard InChI is InChI=1S/C22H23ClN2O6S/c1-24(2)32(29,30)17-10-6-15(7-11-17)20(26)18-19(14-4-8-16(23)9-5-14)25(12-13-31-3)22(28)21(18)27/h4-11,19,26H,12-13H2,1-3H3. The number of nitrogens with zero attached hydrogens (tertiary/aromatic N) is 2. The summed E-state index contributed by atoms with van der Waals surface area (Å²) in [5.41, 5.74) is 0.723. The van der Waals surface area contributed by atoms with Crippen LogP contribution in [0, 0.1) is 0 Å². The van der Waals surface area contributed by atoms with E-state index in [4.69, 9.17) is 16.3 Å². The van der Waals surface area contributed by atoms with E-state index in [1.54, 1.807) is 24.3 Å². The number of aliphatic hydroxyl groups excluding tert-OH is 1. The van der Waals surface area contributed by atoms with Crippen LogP contribution < -0.4 is 0 Å². The largest absolute Gasteiger partial charge is 0.507 e. The van der Waals surface area contributed by atoms with E-state index in [0.717, 1.165) is 4.31 Å². The van der Waals surface area contributed by atoms with E-state index < -0.39 is 33.5 Å². The molecule has 2 aromatic rings. The molecule has 3 rings (SSSR count). The second-order valence-corrected chi connectivity index (χ2v) is 9.94. The third kappa shape index (κ3) is 4.42. The minimum Gasteiger partial charge on any atom is -0.507 e. The molecule has 10 heteroatoms. The number of benzene rings is 2. The molecule has 1 fully saturated rings. The van der Waals surface area contributed by atoms with Gasteiger partial charge in [0.25, 0.3) is 11.7 Å². The van der Waals surface area contributed by atoms with Crippen LogP contribution >= 0.6 is 11.6 Å². The number of likely N-dealkylation sites (tertiary alicyclic amines) is 1. The van der Waals surface area contributed by atoms with Crippen LogP contribution in [0.5, 0.6) is 0 Å². The average molecular weight is 479 g/mol. The summed E-state index contributed by atoms with van der Waals surface area (Å²) >= 11 is 5.98. The summed E-state index contributed by atoms with van der Waals surface area (Å²) in [7, 11) is 0.656. The molecule has 1 unspecified atom stereocenters. The van der Waals surface area contributed by atoms with Crippen molar-refractivity contribution in [2.45, 2.75) is 10.9 Å². The molecule has 0 radical (unpaired) electrons. The van der Waals surface area contributed by atoms with Crippen molar-refractivity contribution in [3.63, 3.8) is 0 Å². The molecule has 2 aromatic carbocycles. The second-order valence-electron chi connectivity index (χ2n) is 7.35. The summed E-state index contributed by atoms with van der Waals surface area (Å²) < 4.78 is 30.7. The molecule has 8 nitrogen and oxygen atoms in total. The van der Waals surface area contributed by atoms with Crippen molar-refractivity contribution in [3.05, 3.63) is 70.3 Å². The molecule has 1 N–H and O–H groups in total. The zero-order valence-electron chi connectivity index (χ0n) is 17.8. The van der Waals surface area contributed by atoms with E-state index in [1.165, 1.54) is 50.4 Å². The second kappa shape index (κ2) is 9.41. The Balaban J connectivity index is 2.11. The molecule has 1 heterocycles. The molecule has 0 bridgehead atoms. The van der Waals surface area contributed by atoms with Gasteiger partial charge < -0.3 is 14.7 Å². The Hall–Kier alpha value is -2.72. The van der Waals surface area contributed by atoms with Gasteiger partial charge in [-0.2, -0.15) is 0 Å². The SMILES string of the molecule is COCCN1C(=O)C(=O)C(=C(O)c2ccc(S(=O)(=O)N(C)C)cc2)C1c1ccc(Cl)cc1. The lowest BCUT2D eigenvalue weighted by Crippen LogP contribution is -2.32. The molecule has 32 heavy (non-hydrogen) atoms. The van der Waals surface area contributed by atoms with E-state index in [0.29, 0.717) is 10.6 Å². The lowest BCUT2D eigenvalue weighted by molar-refractivity contribution is -0.140. The van der Waals surface area contributed by atoms with Gasteiger partial charge >= 0.3 is 0 Å². The highest BCUT2D eigenvalue weighted by Gasteiger charge is 2.45. The quantitative estimate of drug-likeness (QED) is 0.372. The third-order valence-corrected chi connectivity index (χ3v) is 7.25. The number of halogens is 1. The molecule has 1 atom stereocenters. The van der Waals surface area contributed by atoms with Crippen molar-refractivity contribution in [2.24, 2.45) is 0 Å². The van der Waals surface area contributed by atoms with Gasteiger partial charge in [-0.25, -0.2) is 12.7 Å². The Morgan fingerprint density at radius 2 is 1.69 bits per heavy atom. The molecule has 1 saturated heterocycles. The van der Waals surface area contributed by atoms with Gasteiger partial charge in [-0.3, -0.25) is 9.59 Å². The van der Waals surface area contributed by atoms with Crippen molar-refractivity contribution in [1.82, 2.24) is 9.21 Å². The minimum atomic E-state index is -3.65. The van der Waals surface area contributed by atoms with Crippen LogP contribution in [-0.4, -0.2) is 68.8 Å². The van der Waals surface area contributed by atoms with Gasteiger partial charge in [0.05, 0.1) is 23.1 Å². The van der Waals surface area contributed by atoms with E-state index in [-0.39, 0.29) is 29.2 Å². The fraction of sp³-hybridized carbons (Fsp3) is 0.273. The maximum atomic E-state index is 12.9. The lowest BCUT2D eigenvalue weighted by atomic mass is 9.95. The maximum absolute atomic E-state index is 12.9. The molecule has 0 saturated carbocycles. The third-order valence-electron chi connectivity index (χ3n) is 5.17. The number of rotatable bonds is 7. The number of ether oxygens (including phenoxy) is 1. The first-order chi connectivity index (χ1) is 15.1. The summed E-state index contributed by atoms with van der Waals surface area (Å²) in [5, 5.41) is 11.5. The van der Waals surface area contributed by atoms with Crippen LogP contribution in [0.4, 0.5) is 0 Å². The first-order valence-corrected chi connectivity index (χ1v) is 11.5. The van der Waals surface area contributed by atoms with Crippen molar-refractivity contribution >= 4 is 39.1 Å². The number of amides is 1.